The Labute approximate surface area is 146 Å². The van der Waals surface area contributed by atoms with Crippen LogP contribution in [0.4, 0.5) is 0 Å². The first kappa shape index (κ1) is 16.5. The summed E-state index contributed by atoms with van der Waals surface area (Å²) in [5.74, 6) is 1.98. The SMILES string of the molecule is COc1ccc(OC)c(C2CC(c3ccc(Cl)cc3)N=C(N)N2)c1. The van der Waals surface area contributed by atoms with Gasteiger partial charge in [0.15, 0.2) is 5.96 Å². The Bertz CT molecular complexity index is 746. The van der Waals surface area contributed by atoms with Gasteiger partial charge in [0.25, 0.3) is 0 Å². The van der Waals surface area contributed by atoms with Crippen LogP contribution in [0, 0.1) is 0 Å². The van der Waals surface area contributed by atoms with Crippen LogP contribution in [-0.4, -0.2) is 20.2 Å². The minimum atomic E-state index is -0.0376. The van der Waals surface area contributed by atoms with E-state index in [1.165, 1.54) is 0 Å². The lowest BCUT2D eigenvalue weighted by Gasteiger charge is -2.30. The zero-order chi connectivity index (χ0) is 17.1. The third-order valence-corrected chi connectivity index (χ3v) is 4.40. The van der Waals surface area contributed by atoms with Crippen molar-refractivity contribution in [1.29, 1.82) is 0 Å². The molecule has 2 aromatic carbocycles. The second-order valence-corrected chi connectivity index (χ2v) is 6.06. The summed E-state index contributed by atoms with van der Waals surface area (Å²) in [7, 11) is 3.30. The highest BCUT2D eigenvalue weighted by Crippen LogP contribution is 2.37. The minimum absolute atomic E-state index is 0.0202. The summed E-state index contributed by atoms with van der Waals surface area (Å²) in [5, 5.41) is 3.94. The number of hydrogen-bond donors (Lipinski definition) is 2. The number of rotatable bonds is 4. The molecule has 1 aliphatic heterocycles. The molecular weight excluding hydrogens is 326 g/mol. The maximum atomic E-state index is 6.02. The Hall–Kier alpha value is -2.40. The molecule has 24 heavy (non-hydrogen) atoms. The number of aliphatic imine (C=N–C) groups is 1. The fraction of sp³-hybridized carbons (Fsp3) is 0.278. The fourth-order valence-electron chi connectivity index (χ4n) is 2.93. The molecule has 0 bridgehead atoms. The topological polar surface area (TPSA) is 68.9 Å². The van der Waals surface area contributed by atoms with Gasteiger partial charge in [-0.3, -0.25) is 0 Å². The summed E-state index contributed by atoms with van der Waals surface area (Å²) in [5.41, 5.74) is 8.10. The van der Waals surface area contributed by atoms with Gasteiger partial charge in [0.05, 0.1) is 26.3 Å². The molecule has 0 aromatic heterocycles. The highest BCUT2D eigenvalue weighted by atomic mass is 35.5. The van der Waals surface area contributed by atoms with Gasteiger partial charge in [-0.05, 0) is 42.3 Å². The maximum Gasteiger partial charge on any atom is 0.189 e. The van der Waals surface area contributed by atoms with E-state index in [1.807, 2.05) is 42.5 Å². The highest BCUT2D eigenvalue weighted by molar-refractivity contribution is 6.30. The molecule has 3 rings (SSSR count). The normalized spacial score (nSPS) is 20.0. The Kier molecular flexibility index (Phi) is 4.81. The summed E-state index contributed by atoms with van der Waals surface area (Å²) in [4.78, 5) is 4.52. The van der Waals surface area contributed by atoms with Gasteiger partial charge in [0.1, 0.15) is 11.5 Å². The second kappa shape index (κ2) is 7.01. The van der Waals surface area contributed by atoms with E-state index < -0.39 is 0 Å². The quantitative estimate of drug-likeness (QED) is 0.890. The fourth-order valence-corrected chi connectivity index (χ4v) is 3.06. The third-order valence-electron chi connectivity index (χ3n) is 4.14. The van der Waals surface area contributed by atoms with Gasteiger partial charge in [-0.2, -0.15) is 0 Å². The van der Waals surface area contributed by atoms with Crippen LogP contribution in [-0.2, 0) is 0 Å². The molecule has 0 amide bonds. The van der Waals surface area contributed by atoms with Gasteiger partial charge in [0, 0.05) is 10.6 Å². The first-order chi connectivity index (χ1) is 11.6. The van der Waals surface area contributed by atoms with Crippen molar-refractivity contribution in [2.75, 3.05) is 14.2 Å². The predicted molar refractivity (Wildman–Crippen MR) is 95.9 cm³/mol. The van der Waals surface area contributed by atoms with Gasteiger partial charge < -0.3 is 20.5 Å². The van der Waals surface area contributed by atoms with Crippen molar-refractivity contribution >= 4 is 17.6 Å². The molecule has 1 heterocycles. The number of halogens is 1. The smallest absolute Gasteiger partial charge is 0.189 e. The van der Waals surface area contributed by atoms with Crippen LogP contribution in [0.1, 0.15) is 29.6 Å². The Morgan fingerprint density at radius 3 is 2.54 bits per heavy atom. The van der Waals surface area contributed by atoms with Crippen molar-refractivity contribution in [2.24, 2.45) is 10.7 Å². The molecule has 0 fully saturated rings. The number of nitrogens with zero attached hydrogens (tertiary/aromatic N) is 1. The van der Waals surface area contributed by atoms with Crippen LogP contribution in [0.2, 0.25) is 5.02 Å². The number of guanidine groups is 1. The van der Waals surface area contributed by atoms with Crippen molar-refractivity contribution in [3.63, 3.8) is 0 Å². The van der Waals surface area contributed by atoms with Gasteiger partial charge in [-0.1, -0.05) is 23.7 Å². The van der Waals surface area contributed by atoms with E-state index in [-0.39, 0.29) is 12.1 Å². The Morgan fingerprint density at radius 1 is 1.12 bits per heavy atom. The predicted octanol–water partition coefficient (Wildman–Crippen LogP) is 3.45. The van der Waals surface area contributed by atoms with Crippen molar-refractivity contribution < 1.29 is 9.47 Å². The summed E-state index contributed by atoms with van der Waals surface area (Å²) in [6.07, 6.45) is 0.756. The average molecular weight is 346 g/mol. The van der Waals surface area contributed by atoms with Crippen LogP contribution in [0.3, 0.4) is 0 Å². The molecule has 0 aliphatic carbocycles. The van der Waals surface area contributed by atoms with E-state index in [4.69, 9.17) is 26.8 Å². The molecule has 2 atom stereocenters. The monoisotopic (exact) mass is 345 g/mol. The number of methoxy groups -OCH3 is 2. The molecule has 0 radical (unpaired) electrons. The molecule has 0 spiro atoms. The summed E-state index contributed by atoms with van der Waals surface area (Å²) in [6, 6.07) is 13.4. The van der Waals surface area contributed by atoms with E-state index in [0.717, 1.165) is 29.0 Å². The molecule has 0 saturated carbocycles. The third kappa shape index (κ3) is 3.41. The first-order valence-electron chi connectivity index (χ1n) is 7.68. The van der Waals surface area contributed by atoms with Crippen LogP contribution < -0.4 is 20.5 Å². The van der Waals surface area contributed by atoms with E-state index in [0.29, 0.717) is 11.0 Å². The number of nitrogens with one attached hydrogen (secondary N) is 1. The highest BCUT2D eigenvalue weighted by Gasteiger charge is 2.27. The van der Waals surface area contributed by atoms with E-state index in [9.17, 15) is 0 Å². The summed E-state index contributed by atoms with van der Waals surface area (Å²) in [6.45, 7) is 0. The van der Waals surface area contributed by atoms with Gasteiger partial charge >= 0.3 is 0 Å². The number of ether oxygens (including phenoxy) is 2. The standard InChI is InChI=1S/C18H20ClN3O2/c1-23-13-7-8-17(24-2)14(9-13)16-10-15(21-18(20)22-16)11-3-5-12(19)6-4-11/h3-9,15-16H,10H2,1-2H3,(H3,20,21,22). The molecule has 126 valence electrons. The Morgan fingerprint density at radius 2 is 1.88 bits per heavy atom. The molecular formula is C18H20ClN3O2. The number of benzene rings is 2. The lowest BCUT2D eigenvalue weighted by molar-refractivity contribution is 0.386. The largest absolute Gasteiger partial charge is 0.497 e. The van der Waals surface area contributed by atoms with Gasteiger partial charge in [-0.25, -0.2) is 4.99 Å². The zero-order valence-corrected chi connectivity index (χ0v) is 14.4. The van der Waals surface area contributed by atoms with Gasteiger partial charge in [-0.15, -0.1) is 0 Å². The molecule has 5 nitrogen and oxygen atoms in total. The van der Waals surface area contributed by atoms with Gasteiger partial charge in [0.2, 0.25) is 0 Å². The lowest BCUT2D eigenvalue weighted by Crippen LogP contribution is -2.39. The summed E-state index contributed by atoms with van der Waals surface area (Å²) < 4.78 is 10.8. The second-order valence-electron chi connectivity index (χ2n) is 5.62. The summed E-state index contributed by atoms with van der Waals surface area (Å²) >= 11 is 5.97. The van der Waals surface area contributed by atoms with Crippen LogP contribution in [0.5, 0.6) is 11.5 Å². The van der Waals surface area contributed by atoms with E-state index >= 15 is 0 Å². The number of nitrogens with two attached hydrogens (primary N) is 1. The van der Waals surface area contributed by atoms with Crippen molar-refractivity contribution in [1.82, 2.24) is 5.32 Å². The van der Waals surface area contributed by atoms with E-state index in [2.05, 4.69) is 10.3 Å². The molecule has 1 aliphatic rings. The van der Waals surface area contributed by atoms with Crippen molar-refractivity contribution in [3.8, 4) is 11.5 Å². The zero-order valence-electron chi connectivity index (χ0n) is 13.6. The molecule has 6 heteroatoms. The van der Waals surface area contributed by atoms with Crippen molar-refractivity contribution in [2.45, 2.75) is 18.5 Å². The van der Waals surface area contributed by atoms with Crippen LogP contribution in [0.15, 0.2) is 47.5 Å². The lowest BCUT2D eigenvalue weighted by atomic mass is 9.93. The van der Waals surface area contributed by atoms with Crippen molar-refractivity contribution in [3.05, 3.63) is 58.6 Å². The van der Waals surface area contributed by atoms with E-state index in [1.54, 1.807) is 14.2 Å². The minimum Gasteiger partial charge on any atom is -0.497 e. The Balaban J connectivity index is 1.93. The maximum absolute atomic E-state index is 6.02. The van der Waals surface area contributed by atoms with Crippen LogP contribution >= 0.6 is 11.6 Å². The first-order valence-corrected chi connectivity index (χ1v) is 8.05. The molecule has 2 aromatic rings. The average Bonchev–Trinajstić information content (AvgIpc) is 2.61. The molecule has 3 N–H and O–H groups in total. The molecule has 2 unspecified atom stereocenters. The van der Waals surface area contributed by atoms with Crippen LogP contribution in [0.25, 0.3) is 0 Å². The molecule has 0 saturated heterocycles. The number of hydrogen-bond acceptors (Lipinski definition) is 5.